The maximum atomic E-state index is 13.2. The molecule has 2 fully saturated rings. The van der Waals surface area contributed by atoms with Gasteiger partial charge in [0, 0.05) is 52.4 Å². The molecule has 208 valence electrons. The van der Waals surface area contributed by atoms with E-state index in [0.717, 1.165) is 28.6 Å². The summed E-state index contributed by atoms with van der Waals surface area (Å²) in [5.74, 6) is 0.659. The minimum atomic E-state index is -4.65. The summed E-state index contributed by atoms with van der Waals surface area (Å²) in [6.07, 6.45) is 4.23. The number of carbonyl (C=O) groups excluding carboxylic acids is 2. The van der Waals surface area contributed by atoms with Gasteiger partial charge in [0.2, 0.25) is 5.91 Å². The number of nitrogens with one attached hydrogen (secondary N) is 1. The van der Waals surface area contributed by atoms with Gasteiger partial charge in [0.25, 0.3) is 5.56 Å². The highest BCUT2D eigenvalue weighted by Gasteiger charge is 2.34. The third-order valence-electron chi connectivity index (χ3n) is 7.40. The first-order chi connectivity index (χ1) is 18.4. The lowest BCUT2D eigenvalue weighted by atomic mass is 10.0. The molecule has 2 aliphatic rings. The summed E-state index contributed by atoms with van der Waals surface area (Å²) in [7, 11) is 4.48. The molecule has 0 atom stereocenters. The van der Waals surface area contributed by atoms with E-state index in [4.69, 9.17) is 0 Å². The number of carbonyl (C=O) groups is 2. The molecular weight excluding hydrogens is 517 g/mol. The standard InChI is InChI=1S/C25H29F3N8O3/c1-32-13-16(25(26,27)28)10-18(23(32)38)31-24(39)33(2)17-6-8-35(9-7-17)19-12-30-36-14-21(29-11-20(19)36)34(3)22(37)15-4-5-15/h10-15,17H,4-9H2,1-3H3,(H,31,39). The lowest BCUT2D eigenvalue weighted by molar-refractivity contribution is -0.138. The van der Waals surface area contributed by atoms with Gasteiger partial charge in [-0.2, -0.15) is 18.3 Å². The number of aryl methyl sites for hydroxylation is 1. The second-order valence-corrected chi connectivity index (χ2v) is 10.1. The minimum Gasteiger partial charge on any atom is -0.368 e. The Hall–Kier alpha value is -4.10. The molecule has 3 aromatic rings. The molecule has 1 saturated heterocycles. The lowest BCUT2D eigenvalue weighted by Crippen LogP contribution is -2.47. The highest BCUT2D eigenvalue weighted by molar-refractivity contribution is 5.95. The molecule has 1 aliphatic heterocycles. The number of hydrogen-bond acceptors (Lipinski definition) is 6. The van der Waals surface area contributed by atoms with E-state index in [1.54, 1.807) is 42.1 Å². The van der Waals surface area contributed by atoms with Crippen LogP contribution in [0.15, 0.2) is 35.6 Å². The molecule has 14 heteroatoms. The van der Waals surface area contributed by atoms with Gasteiger partial charge >= 0.3 is 12.2 Å². The van der Waals surface area contributed by atoms with E-state index in [9.17, 15) is 27.6 Å². The van der Waals surface area contributed by atoms with E-state index < -0.39 is 29.0 Å². The summed E-state index contributed by atoms with van der Waals surface area (Å²) < 4.78 is 42.0. The number of rotatable bonds is 5. The number of halogens is 3. The molecule has 0 aromatic carbocycles. The Balaban J connectivity index is 1.23. The molecule has 11 nitrogen and oxygen atoms in total. The molecule has 5 rings (SSSR count). The fourth-order valence-electron chi connectivity index (χ4n) is 4.81. The average Bonchev–Trinajstić information content (AvgIpc) is 3.68. The van der Waals surface area contributed by atoms with Crippen molar-refractivity contribution in [3.63, 3.8) is 0 Å². The molecule has 39 heavy (non-hydrogen) atoms. The van der Waals surface area contributed by atoms with Crippen LogP contribution in [-0.4, -0.2) is 69.2 Å². The van der Waals surface area contributed by atoms with Crippen LogP contribution in [0.2, 0.25) is 0 Å². The van der Waals surface area contributed by atoms with Gasteiger partial charge in [0.05, 0.1) is 29.8 Å². The number of aromatic nitrogens is 4. The Kier molecular flexibility index (Phi) is 6.72. The number of alkyl halides is 3. The van der Waals surface area contributed by atoms with Crippen LogP contribution in [0.4, 0.5) is 35.2 Å². The predicted molar refractivity (Wildman–Crippen MR) is 138 cm³/mol. The number of nitrogens with zero attached hydrogens (tertiary/aromatic N) is 7. The lowest BCUT2D eigenvalue weighted by Gasteiger charge is -2.37. The number of hydrogen-bond donors (Lipinski definition) is 1. The molecule has 3 aromatic heterocycles. The van der Waals surface area contributed by atoms with Crippen molar-refractivity contribution in [2.45, 2.75) is 37.9 Å². The van der Waals surface area contributed by atoms with Crippen molar-refractivity contribution in [3.05, 3.63) is 46.8 Å². The Bertz CT molecular complexity index is 1470. The first-order valence-electron chi connectivity index (χ1n) is 12.6. The van der Waals surface area contributed by atoms with Crippen molar-refractivity contribution >= 4 is 34.6 Å². The van der Waals surface area contributed by atoms with Crippen LogP contribution in [-0.2, 0) is 18.0 Å². The van der Waals surface area contributed by atoms with Crippen LogP contribution >= 0.6 is 0 Å². The van der Waals surface area contributed by atoms with E-state index in [1.807, 2.05) is 0 Å². The summed E-state index contributed by atoms with van der Waals surface area (Å²) in [6.45, 7) is 1.22. The van der Waals surface area contributed by atoms with Crippen LogP contribution in [0.5, 0.6) is 0 Å². The molecular formula is C25H29F3N8O3. The van der Waals surface area contributed by atoms with E-state index in [2.05, 4.69) is 20.3 Å². The highest BCUT2D eigenvalue weighted by atomic mass is 19.4. The summed E-state index contributed by atoms with van der Waals surface area (Å²) in [5.41, 5.74) is -0.511. The first kappa shape index (κ1) is 26.5. The zero-order valence-corrected chi connectivity index (χ0v) is 21.8. The number of urea groups is 1. The molecule has 0 radical (unpaired) electrons. The molecule has 3 amide bonds. The van der Waals surface area contributed by atoms with Gasteiger partial charge in [-0.1, -0.05) is 0 Å². The largest absolute Gasteiger partial charge is 0.417 e. The Morgan fingerprint density at radius 3 is 2.41 bits per heavy atom. The van der Waals surface area contributed by atoms with Gasteiger partial charge in [-0.05, 0) is 31.7 Å². The van der Waals surface area contributed by atoms with Crippen molar-refractivity contribution in [2.24, 2.45) is 13.0 Å². The number of pyridine rings is 1. The number of piperidine rings is 1. The van der Waals surface area contributed by atoms with E-state index in [1.165, 1.54) is 11.9 Å². The smallest absolute Gasteiger partial charge is 0.368 e. The summed E-state index contributed by atoms with van der Waals surface area (Å²) in [6, 6.07) is -0.173. The van der Waals surface area contributed by atoms with E-state index >= 15 is 0 Å². The summed E-state index contributed by atoms with van der Waals surface area (Å²) in [5, 5.41) is 6.78. The number of fused-ring (bicyclic) bond motifs is 1. The quantitative estimate of drug-likeness (QED) is 0.527. The first-order valence-corrected chi connectivity index (χ1v) is 12.6. The van der Waals surface area contributed by atoms with Crippen molar-refractivity contribution in [3.8, 4) is 0 Å². The van der Waals surface area contributed by atoms with Gasteiger partial charge in [-0.15, -0.1) is 0 Å². The molecule has 1 N–H and O–H groups in total. The van der Waals surface area contributed by atoms with Gasteiger partial charge in [-0.25, -0.2) is 14.3 Å². The molecule has 1 aliphatic carbocycles. The molecule has 1 saturated carbocycles. The summed E-state index contributed by atoms with van der Waals surface area (Å²) in [4.78, 5) is 47.1. The topological polar surface area (TPSA) is 108 Å². The maximum Gasteiger partial charge on any atom is 0.417 e. The van der Waals surface area contributed by atoms with Gasteiger partial charge in [-0.3, -0.25) is 14.5 Å². The fraction of sp³-hybridized carbons (Fsp3) is 0.480. The van der Waals surface area contributed by atoms with Crippen LogP contribution in [0, 0.1) is 5.92 Å². The number of anilines is 3. The predicted octanol–water partition coefficient (Wildman–Crippen LogP) is 2.95. The third kappa shape index (κ3) is 5.27. The average molecular weight is 547 g/mol. The van der Waals surface area contributed by atoms with Crippen molar-refractivity contribution in [2.75, 3.05) is 42.3 Å². The Morgan fingerprint density at radius 1 is 1.08 bits per heavy atom. The van der Waals surface area contributed by atoms with Crippen molar-refractivity contribution < 1.29 is 22.8 Å². The summed E-state index contributed by atoms with van der Waals surface area (Å²) >= 11 is 0. The normalized spacial score (nSPS) is 16.4. The Morgan fingerprint density at radius 2 is 1.77 bits per heavy atom. The van der Waals surface area contributed by atoms with Crippen LogP contribution in [0.25, 0.3) is 5.52 Å². The minimum absolute atomic E-state index is 0.0536. The molecule has 4 heterocycles. The SMILES string of the molecule is CN(C(=O)C1CC1)c1cn2ncc(N3CCC(N(C)C(=O)Nc4cc(C(F)(F)F)cn(C)c4=O)CC3)c2cn1. The zero-order chi connectivity index (χ0) is 28.1. The second-order valence-electron chi connectivity index (χ2n) is 10.1. The van der Waals surface area contributed by atoms with Crippen LogP contribution in [0.3, 0.4) is 0 Å². The van der Waals surface area contributed by atoms with Crippen LogP contribution < -0.4 is 20.7 Å². The van der Waals surface area contributed by atoms with Crippen molar-refractivity contribution in [1.29, 1.82) is 0 Å². The van der Waals surface area contributed by atoms with Gasteiger partial charge in [0.15, 0.2) is 5.82 Å². The van der Waals surface area contributed by atoms with E-state index in [-0.39, 0.29) is 17.9 Å². The molecule has 0 unspecified atom stereocenters. The molecule has 0 bridgehead atoms. The zero-order valence-electron chi connectivity index (χ0n) is 21.8. The van der Waals surface area contributed by atoms with Crippen molar-refractivity contribution in [1.82, 2.24) is 24.1 Å². The number of amides is 3. The fourth-order valence-corrected chi connectivity index (χ4v) is 4.81. The maximum absolute atomic E-state index is 13.2. The monoisotopic (exact) mass is 546 g/mol. The third-order valence-corrected chi connectivity index (χ3v) is 7.40. The second kappa shape index (κ2) is 9.89. The van der Waals surface area contributed by atoms with Gasteiger partial charge in [0.1, 0.15) is 11.2 Å². The Labute approximate surface area is 221 Å². The molecule has 0 spiro atoms. The van der Waals surface area contributed by atoms with E-state index in [0.29, 0.717) is 44.0 Å². The highest BCUT2D eigenvalue weighted by Crippen LogP contribution is 2.33. The van der Waals surface area contributed by atoms with Gasteiger partial charge < -0.3 is 19.7 Å². The van der Waals surface area contributed by atoms with Crippen LogP contribution in [0.1, 0.15) is 31.2 Å².